The van der Waals surface area contributed by atoms with Crippen molar-refractivity contribution in [3.63, 3.8) is 0 Å². The number of hydrogen-bond donors (Lipinski definition) is 1. The third-order valence-electron chi connectivity index (χ3n) is 3.48. The number of rotatable bonds is 5. The minimum atomic E-state index is 0.370. The number of nitrogens with two attached hydrogens (primary N) is 1. The minimum absolute atomic E-state index is 0.370. The molecule has 3 nitrogen and oxygen atoms in total. The highest BCUT2D eigenvalue weighted by molar-refractivity contribution is 7.80. The lowest BCUT2D eigenvalue weighted by molar-refractivity contribution is 0.576. The first kappa shape index (κ1) is 15.5. The number of halogens is 2. The van der Waals surface area contributed by atoms with Crippen LogP contribution < -0.4 is 5.73 Å². The highest BCUT2D eigenvalue weighted by Crippen LogP contribution is 2.31. The van der Waals surface area contributed by atoms with Crippen LogP contribution in [0.4, 0.5) is 0 Å². The summed E-state index contributed by atoms with van der Waals surface area (Å²) in [5, 5.41) is 1.02. The van der Waals surface area contributed by atoms with Gasteiger partial charge in [-0.2, -0.15) is 0 Å². The summed E-state index contributed by atoms with van der Waals surface area (Å²) in [6.45, 7) is 4.77. The van der Waals surface area contributed by atoms with E-state index in [2.05, 4.69) is 18.4 Å². The molecule has 0 spiro atoms. The Morgan fingerprint density at radius 2 is 1.90 bits per heavy atom. The molecule has 1 aromatic heterocycles. The Morgan fingerprint density at radius 1 is 1.30 bits per heavy atom. The van der Waals surface area contributed by atoms with E-state index in [-0.39, 0.29) is 0 Å². The SMILES string of the molecule is CCC(CC)c1nc2cc(Cl)c(Cl)cc2n1CC(N)=S. The molecule has 0 aliphatic carbocycles. The fraction of sp³-hybridized carbons (Fsp3) is 0.429. The van der Waals surface area contributed by atoms with Gasteiger partial charge in [0.1, 0.15) is 5.82 Å². The minimum Gasteiger partial charge on any atom is -0.392 e. The van der Waals surface area contributed by atoms with E-state index in [4.69, 9.17) is 46.1 Å². The van der Waals surface area contributed by atoms with Gasteiger partial charge in [0.25, 0.3) is 0 Å². The Bertz CT molecular complexity index is 647. The average molecular weight is 330 g/mol. The van der Waals surface area contributed by atoms with Crippen molar-refractivity contribution in [2.24, 2.45) is 5.73 Å². The Labute approximate surface area is 134 Å². The zero-order chi connectivity index (χ0) is 14.9. The third-order valence-corrected chi connectivity index (χ3v) is 4.34. The van der Waals surface area contributed by atoms with Gasteiger partial charge in [0.05, 0.1) is 32.6 Å². The van der Waals surface area contributed by atoms with Crippen LogP contribution in [-0.4, -0.2) is 14.5 Å². The van der Waals surface area contributed by atoms with Crippen molar-refractivity contribution >= 4 is 51.4 Å². The van der Waals surface area contributed by atoms with Crippen LogP contribution in [0.3, 0.4) is 0 Å². The molecule has 0 atom stereocenters. The summed E-state index contributed by atoms with van der Waals surface area (Å²) in [6, 6.07) is 3.62. The molecule has 20 heavy (non-hydrogen) atoms. The van der Waals surface area contributed by atoms with Gasteiger partial charge in [0.2, 0.25) is 0 Å². The maximum Gasteiger partial charge on any atom is 0.113 e. The maximum atomic E-state index is 6.12. The van der Waals surface area contributed by atoms with E-state index in [0.717, 1.165) is 29.7 Å². The predicted octanol–water partition coefficient (Wildman–Crippen LogP) is 4.53. The molecule has 6 heteroatoms. The van der Waals surface area contributed by atoms with E-state index in [1.54, 1.807) is 6.07 Å². The number of aromatic nitrogens is 2. The van der Waals surface area contributed by atoms with E-state index < -0.39 is 0 Å². The Hall–Kier alpha value is -0.840. The van der Waals surface area contributed by atoms with Gasteiger partial charge in [-0.05, 0) is 25.0 Å². The second-order valence-electron chi connectivity index (χ2n) is 4.79. The molecular formula is C14H17Cl2N3S. The second kappa shape index (κ2) is 6.29. The number of hydrogen-bond acceptors (Lipinski definition) is 2. The zero-order valence-corrected chi connectivity index (χ0v) is 13.8. The monoisotopic (exact) mass is 329 g/mol. The number of thiocarbonyl (C=S) groups is 1. The summed E-state index contributed by atoms with van der Waals surface area (Å²) in [6.07, 6.45) is 2.03. The van der Waals surface area contributed by atoms with Crippen LogP contribution in [0.2, 0.25) is 10.0 Å². The highest BCUT2D eigenvalue weighted by atomic mass is 35.5. The van der Waals surface area contributed by atoms with Gasteiger partial charge >= 0.3 is 0 Å². The zero-order valence-electron chi connectivity index (χ0n) is 11.5. The Morgan fingerprint density at radius 3 is 2.45 bits per heavy atom. The smallest absolute Gasteiger partial charge is 0.113 e. The first-order valence-electron chi connectivity index (χ1n) is 6.61. The van der Waals surface area contributed by atoms with Gasteiger partial charge in [-0.3, -0.25) is 0 Å². The molecule has 0 radical (unpaired) electrons. The lowest BCUT2D eigenvalue weighted by Gasteiger charge is -2.15. The lowest BCUT2D eigenvalue weighted by atomic mass is 10.0. The molecule has 0 amide bonds. The van der Waals surface area contributed by atoms with Crippen LogP contribution in [0.5, 0.6) is 0 Å². The molecule has 0 saturated heterocycles. The molecule has 1 aromatic carbocycles. The van der Waals surface area contributed by atoms with Crippen LogP contribution >= 0.6 is 35.4 Å². The predicted molar refractivity (Wildman–Crippen MR) is 89.9 cm³/mol. The molecule has 2 N–H and O–H groups in total. The fourth-order valence-electron chi connectivity index (χ4n) is 2.43. The third kappa shape index (κ3) is 2.92. The molecular weight excluding hydrogens is 313 g/mol. The quantitative estimate of drug-likeness (QED) is 0.819. The standard InChI is InChI=1S/C14H17Cl2N3S/c1-3-8(4-2)14-18-11-5-9(15)10(16)6-12(11)19(14)7-13(17)20/h5-6,8H,3-4,7H2,1-2H3,(H2,17,20). The molecule has 108 valence electrons. The molecule has 2 aromatic rings. The molecule has 0 unspecified atom stereocenters. The first-order valence-corrected chi connectivity index (χ1v) is 7.77. The number of benzene rings is 1. The van der Waals surface area contributed by atoms with Gasteiger partial charge in [-0.25, -0.2) is 4.98 Å². The molecule has 1 heterocycles. The summed E-state index contributed by atoms with van der Waals surface area (Å²) in [5.74, 6) is 1.37. The molecule has 0 saturated carbocycles. The van der Waals surface area contributed by atoms with E-state index in [1.807, 2.05) is 6.07 Å². The molecule has 0 aliphatic heterocycles. The summed E-state index contributed by atoms with van der Waals surface area (Å²) >= 11 is 17.2. The summed E-state index contributed by atoms with van der Waals surface area (Å²) in [5.41, 5.74) is 7.47. The van der Waals surface area contributed by atoms with Gasteiger partial charge in [0, 0.05) is 5.92 Å². The van der Waals surface area contributed by atoms with Crippen LogP contribution in [0.1, 0.15) is 38.4 Å². The van der Waals surface area contributed by atoms with Crippen molar-refractivity contribution in [2.45, 2.75) is 39.2 Å². The number of fused-ring (bicyclic) bond motifs is 1. The molecule has 0 fully saturated rings. The van der Waals surface area contributed by atoms with Crippen molar-refractivity contribution in [3.05, 3.63) is 28.0 Å². The van der Waals surface area contributed by atoms with Crippen LogP contribution in [0.25, 0.3) is 11.0 Å². The maximum absolute atomic E-state index is 6.12. The van der Waals surface area contributed by atoms with Crippen molar-refractivity contribution in [1.82, 2.24) is 9.55 Å². The number of imidazole rings is 1. The van der Waals surface area contributed by atoms with Gasteiger partial charge in [0.15, 0.2) is 0 Å². The van der Waals surface area contributed by atoms with Crippen LogP contribution in [0, 0.1) is 0 Å². The van der Waals surface area contributed by atoms with Gasteiger partial charge < -0.3 is 10.3 Å². The molecule has 0 bridgehead atoms. The van der Waals surface area contributed by atoms with Crippen molar-refractivity contribution in [3.8, 4) is 0 Å². The summed E-state index contributed by atoms with van der Waals surface area (Å²) in [4.78, 5) is 5.15. The molecule has 0 aliphatic rings. The fourth-order valence-corrected chi connectivity index (χ4v) is 2.87. The van der Waals surface area contributed by atoms with Crippen molar-refractivity contribution in [1.29, 1.82) is 0 Å². The summed E-state index contributed by atoms with van der Waals surface area (Å²) in [7, 11) is 0. The average Bonchev–Trinajstić information content (AvgIpc) is 2.70. The van der Waals surface area contributed by atoms with E-state index in [1.165, 1.54) is 0 Å². The topological polar surface area (TPSA) is 43.8 Å². The van der Waals surface area contributed by atoms with Crippen LogP contribution in [-0.2, 0) is 6.54 Å². The van der Waals surface area contributed by atoms with Crippen molar-refractivity contribution < 1.29 is 0 Å². The van der Waals surface area contributed by atoms with E-state index in [9.17, 15) is 0 Å². The highest BCUT2D eigenvalue weighted by Gasteiger charge is 2.19. The Kier molecular flexibility index (Phi) is 4.89. The second-order valence-corrected chi connectivity index (χ2v) is 6.13. The van der Waals surface area contributed by atoms with E-state index >= 15 is 0 Å². The first-order chi connectivity index (χ1) is 9.47. The van der Waals surface area contributed by atoms with Gasteiger partial charge in [-0.15, -0.1) is 0 Å². The molecule has 2 rings (SSSR count). The summed E-state index contributed by atoms with van der Waals surface area (Å²) < 4.78 is 2.05. The normalized spacial score (nSPS) is 11.4. The van der Waals surface area contributed by atoms with Crippen molar-refractivity contribution in [2.75, 3.05) is 0 Å². The van der Waals surface area contributed by atoms with Crippen LogP contribution in [0.15, 0.2) is 12.1 Å². The van der Waals surface area contributed by atoms with E-state index in [0.29, 0.717) is 27.5 Å². The lowest BCUT2D eigenvalue weighted by Crippen LogP contribution is -2.19. The number of nitrogens with zero attached hydrogens (tertiary/aromatic N) is 2. The Balaban J connectivity index is 2.69. The van der Waals surface area contributed by atoms with Gasteiger partial charge in [-0.1, -0.05) is 49.3 Å². The largest absolute Gasteiger partial charge is 0.392 e.